The number of methoxy groups -OCH3 is 1. The Kier molecular flexibility index (Phi) is 11.6. The van der Waals surface area contributed by atoms with Crippen LogP contribution < -0.4 is 26.0 Å². The fourth-order valence-corrected chi connectivity index (χ4v) is 14.5. The molecule has 0 atom stereocenters. The number of benzene rings is 13. The minimum absolute atomic E-state index is 0.109. The number of rotatable bonds is 10. The minimum atomic E-state index is -0.224. The first kappa shape index (κ1) is 49.4. The van der Waals surface area contributed by atoms with Crippen LogP contribution in [0, 0.1) is 0 Å². The van der Waals surface area contributed by atoms with Gasteiger partial charge in [0.1, 0.15) is 5.75 Å². The minimum Gasteiger partial charge on any atom is -0.496 e. The zero-order chi connectivity index (χ0) is 55.3. The lowest BCUT2D eigenvalue weighted by molar-refractivity contribution is 0.416. The molecule has 0 unspecified atom stereocenters. The molecular weight excluding hydrogens is 990 g/mol. The second-order valence-corrected chi connectivity index (χ2v) is 23.4. The molecule has 0 heterocycles. The number of anilines is 3. The molecule has 390 valence electrons. The third kappa shape index (κ3) is 7.64. The van der Waals surface area contributed by atoms with Crippen LogP contribution >= 0.6 is 0 Å². The van der Waals surface area contributed by atoms with Gasteiger partial charge >= 0.3 is 0 Å². The molecular formula is C79H60BNO. The first-order valence-electron chi connectivity index (χ1n) is 28.8. The van der Waals surface area contributed by atoms with Gasteiger partial charge in [0.2, 0.25) is 6.71 Å². The molecule has 2 aliphatic rings. The molecule has 0 aliphatic heterocycles. The number of hydrogen-bond donors (Lipinski definition) is 0. The second kappa shape index (κ2) is 19.3. The summed E-state index contributed by atoms with van der Waals surface area (Å²) in [6.07, 6.45) is 0. The number of hydrogen-bond acceptors (Lipinski definition) is 2. The van der Waals surface area contributed by atoms with E-state index in [4.69, 9.17) is 4.74 Å². The zero-order valence-corrected chi connectivity index (χ0v) is 46.9. The summed E-state index contributed by atoms with van der Waals surface area (Å²) < 4.78 is 6.62. The highest BCUT2D eigenvalue weighted by Crippen LogP contribution is 2.53. The van der Waals surface area contributed by atoms with E-state index in [2.05, 4.69) is 306 Å². The van der Waals surface area contributed by atoms with Gasteiger partial charge in [0, 0.05) is 39.4 Å². The summed E-state index contributed by atoms with van der Waals surface area (Å²) in [5.74, 6) is 0.804. The van der Waals surface area contributed by atoms with Crippen LogP contribution in [0.2, 0.25) is 0 Å². The maximum atomic E-state index is 6.62. The molecule has 3 heteroatoms. The average Bonchev–Trinajstić information content (AvgIpc) is 3.04. The van der Waals surface area contributed by atoms with Gasteiger partial charge in [-0.25, -0.2) is 0 Å². The lowest BCUT2D eigenvalue weighted by Gasteiger charge is -2.30. The predicted molar refractivity (Wildman–Crippen MR) is 349 cm³/mol. The van der Waals surface area contributed by atoms with Crippen LogP contribution in [0.1, 0.15) is 49.9 Å². The molecule has 2 aliphatic carbocycles. The van der Waals surface area contributed by atoms with Gasteiger partial charge < -0.3 is 9.64 Å². The molecule has 0 saturated heterocycles. The van der Waals surface area contributed by atoms with E-state index in [0.29, 0.717) is 0 Å². The first-order chi connectivity index (χ1) is 40.2. The third-order valence-electron chi connectivity index (χ3n) is 18.3. The molecule has 15 rings (SSSR count). The Morgan fingerprint density at radius 3 is 1.50 bits per heavy atom. The Bertz CT molecular complexity index is 4690. The summed E-state index contributed by atoms with van der Waals surface area (Å²) in [5, 5.41) is 7.28. The fourth-order valence-electron chi connectivity index (χ4n) is 14.5. The van der Waals surface area contributed by atoms with E-state index < -0.39 is 0 Å². The lowest BCUT2D eigenvalue weighted by Crippen LogP contribution is -2.55. The van der Waals surface area contributed by atoms with Gasteiger partial charge in [-0.15, -0.1) is 0 Å². The summed E-state index contributed by atoms with van der Waals surface area (Å²) in [7, 11) is 1.82. The van der Waals surface area contributed by atoms with E-state index in [1.165, 1.54) is 104 Å². The van der Waals surface area contributed by atoms with Crippen molar-refractivity contribution in [3.8, 4) is 61.4 Å². The average molecular weight is 1050 g/mol. The molecule has 2 nitrogen and oxygen atoms in total. The van der Waals surface area contributed by atoms with Gasteiger partial charge in [0.25, 0.3) is 0 Å². The van der Waals surface area contributed by atoms with E-state index in [9.17, 15) is 0 Å². The summed E-state index contributed by atoms with van der Waals surface area (Å²) in [5.41, 5.74) is 24.4. The van der Waals surface area contributed by atoms with Crippen LogP contribution in [0.3, 0.4) is 0 Å². The highest BCUT2D eigenvalue weighted by Gasteiger charge is 2.41. The monoisotopic (exact) mass is 1050 g/mol. The summed E-state index contributed by atoms with van der Waals surface area (Å²) in [6, 6.07) is 102. The molecule has 0 fully saturated rings. The Balaban J connectivity index is 0.943. The van der Waals surface area contributed by atoms with Crippen LogP contribution in [0.4, 0.5) is 17.1 Å². The zero-order valence-electron chi connectivity index (χ0n) is 46.9. The van der Waals surface area contributed by atoms with Crippen LogP contribution in [0.25, 0.3) is 88.0 Å². The molecule has 13 aromatic carbocycles. The number of para-hydroxylation sites is 1. The maximum absolute atomic E-state index is 6.62. The summed E-state index contributed by atoms with van der Waals surface area (Å²) in [4.78, 5) is 2.43. The molecule has 0 saturated carbocycles. The van der Waals surface area contributed by atoms with Crippen molar-refractivity contribution < 1.29 is 4.74 Å². The Hall–Kier alpha value is -9.70. The van der Waals surface area contributed by atoms with E-state index in [1.54, 1.807) is 0 Å². The van der Waals surface area contributed by atoms with Crippen molar-refractivity contribution in [1.82, 2.24) is 0 Å². The van der Waals surface area contributed by atoms with Crippen molar-refractivity contribution in [1.29, 1.82) is 0 Å². The molecule has 82 heavy (non-hydrogen) atoms. The van der Waals surface area contributed by atoms with E-state index in [1.807, 2.05) is 7.11 Å². The highest BCUT2D eigenvalue weighted by atomic mass is 16.5. The molecule has 0 aromatic heterocycles. The van der Waals surface area contributed by atoms with Gasteiger partial charge in [-0.1, -0.05) is 275 Å². The van der Waals surface area contributed by atoms with Crippen molar-refractivity contribution in [2.75, 3.05) is 12.0 Å². The number of fused-ring (bicyclic) bond motifs is 11. The smallest absolute Gasteiger partial charge is 0.243 e. The quantitative estimate of drug-likeness (QED) is 0.1000. The third-order valence-corrected chi connectivity index (χ3v) is 18.3. The van der Waals surface area contributed by atoms with Crippen molar-refractivity contribution in [2.24, 2.45) is 0 Å². The van der Waals surface area contributed by atoms with Crippen LogP contribution in [0.15, 0.2) is 273 Å². The molecule has 0 N–H and O–H groups in total. The molecule has 13 aromatic rings. The van der Waals surface area contributed by atoms with Crippen molar-refractivity contribution in [3.63, 3.8) is 0 Å². The Morgan fingerprint density at radius 1 is 0.305 bits per heavy atom. The van der Waals surface area contributed by atoms with Crippen LogP contribution in [-0.2, 0) is 10.8 Å². The normalized spacial score (nSPS) is 13.4. The van der Waals surface area contributed by atoms with E-state index in [0.717, 1.165) is 45.1 Å². The van der Waals surface area contributed by atoms with Gasteiger partial charge in [-0.05, 0) is 135 Å². The summed E-state index contributed by atoms with van der Waals surface area (Å²) >= 11 is 0. The van der Waals surface area contributed by atoms with E-state index in [-0.39, 0.29) is 17.5 Å². The van der Waals surface area contributed by atoms with Crippen molar-refractivity contribution >= 4 is 72.5 Å². The molecule has 0 amide bonds. The molecule has 0 spiro atoms. The molecule has 0 bridgehead atoms. The second-order valence-electron chi connectivity index (χ2n) is 23.4. The highest BCUT2D eigenvalue weighted by molar-refractivity contribution is 6.98. The van der Waals surface area contributed by atoms with Crippen molar-refractivity contribution in [2.45, 2.75) is 38.5 Å². The largest absolute Gasteiger partial charge is 0.496 e. The SMILES string of the molecule is COc1cc(N(c2ccc3c(c2)C(C)(C)c2ccccc2-3)c2ccccc2-c2ccccc2)ccc1-c1cc2c3ccccc3c(B(c3ccccc3-c3ccccc3)c3cccc4c3C(C)(C)c3ccccc3-4)cc2c2ccccc12. The van der Waals surface area contributed by atoms with E-state index >= 15 is 0 Å². The fraction of sp³-hybridized carbons (Fsp3) is 0.0886. The van der Waals surface area contributed by atoms with Crippen molar-refractivity contribution in [3.05, 3.63) is 295 Å². The Labute approximate surface area is 481 Å². The predicted octanol–water partition coefficient (Wildman–Crippen LogP) is 18.8. The van der Waals surface area contributed by atoms with Gasteiger partial charge in [0.05, 0.1) is 12.8 Å². The Morgan fingerprint density at radius 2 is 0.793 bits per heavy atom. The first-order valence-corrected chi connectivity index (χ1v) is 28.8. The topological polar surface area (TPSA) is 12.5 Å². The van der Waals surface area contributed by atoms with Crippen LogP contribution in [-0.4, -0.2) is 13.8 Å². The summed E-state index contributed by atoms with van der Waals surface area (Å²) in [6.45, 7) is 9.45. The van der Waals surface area contributed by atoms with Gasteiger partial charge in [0.15, 0.2) is 0 Å². The maximum Gasteiger partial charge on any atom is 0.243 e. The van der Waals surface area contributed by atoms with Crippen LogP contribution in [0.5, 0.6) is 5.75 Å². The lowest BCUT2D eigenvalue weighted by atomic mass is 9.34. The van der Waals surface area contributed by atoms with Gasteiger partial charge in [-0.3, -0.25) is 0 Å². The van der Waals surface area contributed by atoms with Gasteiger partial charge in [-0.2, -0.15) is 0 Å². The number of nitrogens with zero attached hydrogens (tertiary/aromatic N) is 1. The number of ether oxygens (including phenoxy) is 1. The standard InChI is InChI=1S/C79H60BNO/c1-78(2)69-38-20-16-34-60(69)62-45-43-53(47-71(62)78)81(75-42-23-19-30-56(75)52-27-10-7-11-28-52)54-44-46-64(76(48-54)82-5)66-49-67-59-33-14-15-36-63(59)74(50-68(67)58-32-13-12-31-57(58)66)80(72-40-22-18-29-55(72)51-25-8-6-9-26-51)73-41-24-37-65-61-35-17-21-39-70(61)79(3,4)77(65)73/h6-50H,1-5H3. The molecule has 0 radical (unpaired) electrons.